The first kappa shape index (κ1) is 15.8. The minimum absolute atomic E-state index is 0.0750. The summed E-state index contributed by atoms with van der Waals surface area (Å²) in [6, 6.07) is 17.3. The number of ketones is 1. The van der Waals surface area contributed by atoms with Gasteiger partial charge in [0, 0.05) is 12.6 Å². The molecule has 0 fully saturated rings. The number of nitrogens with zero attached hydrogens (tertiary/aromatic N) is 1. The predicted molar refractivity (Wildman–Crippen MR) is 98.8 cm³/mol. The van der Waals surface area contributed by atoms with Gasteiger partial charge in [0.2, 0.25) is 0 Å². The predicted octanol–water partition coefficient (Wildman–Crippen LogP) is 2.37. The normalized spacial score (nSPS) is 11.0. The monoisotopic (exact) mass is 345 g/mol. The fourth-order valence-corrected chi connectivity index (χ4v) is 3.09. The van der Waals surface area contributed by atoms with Gasteiger partial charge in [-0.15, -0.1) is 0 Å². The maximum atomic E-state index is 13.0. The van der Waals surface area contributed by atoms with Crippen molar-refractivity contribution in [3.05, 3.63) is 87.7 Å². The van der Waals surface area contributed by atoms with Gasteiger partial charge in [0.05, 0.1) is 16.6 Å². The molecule has 0 aliphatic heterocycles. The Hall–Kier alpha value is -3.67. The average Bonchev–Trinajstić information content (AvgIpc) is 3.08. The molecule has 6 heteroatoms. The van der Waals surface area contributed by atoms with Crippen LogP contribution in [-0.4, -0.2) is 28.1 Å². The molecule has 128 valence electrons. The van der Waals surface area contributed by atoms with Crippen molar-refractivity contribution in [1.29, 1.82) is 0 Å². The smallest absolute Gasteiger partial charge is 0.269 e. The second-order valence-corrected chi connectivity index (χ2v) is 5.88. The molecule has 2 N–H and O–H groups in total. The van der Waals surface area contributed by atoms with Gasteiger partial charge in [0.1, 0.15) is 11.2 Å². The van der Waals surface area contributed by atoms with Gasteiger partial charge in [-0.1, -0.05) is 42.5 Å². The summed E-state index contributed by atoms with van der Waals surface area (Å²) in [7, 11) is 1.45. The summed E-state index contributed by atoms with van der Waals surface area (Å²) in [6.45, 7) is 0. The van der Waals surface area contributed by atoms with Crippen LogP contribution in [0.2, 0.25) is 0 Å². The molecule has 2 aromatic carbocycles. The molecule has 0 atom stereocenters. The maximum absolute atomic E-state index is 13.0. The number of fused-ring (bicyclic) bond motifs is 3. The van der Waals surface area contributed by atoms with Gasteiger partial charge in [-0.25, -0.2) is 0 Å². The number of imidazole rings is 1. The van der Waals surface area contributed by atoms with Gasteiger partial charge in [0.25, 0.3) is 11.5 Å². The van der Waals surface area contributed by atoms with Crippen LogP contribution >= 0.6 is 0 Å². The second-order valence-electron chi connectivity index (χ2n) is 5.88. The Morgan fingerprint density at radius 3 is 2.38 bits per heavy atom. The SMILES string of the molecule is CNC(=O)c1cc(C(=O)c2ccccc2)c2[nH]c3ccccc3n2c1=O. The number of pyridine rings is 1. The van der Waals surface area contributed by atoms with E-state index in [-0.39, 0.29) is 16.9 Å². The van der Waals surface area contributed by atoms with Crippen LogP contribution in [0.3, 0.4) is 0 Å². The van der Waals surface area contributed by atoms with E-state index >= 15 is 0 Å². The highest BCUT2D eigenvalue weighted by Gasteiger charge is 2.22. The van der Waals surface area contributed by atoms with Crippen molar-refractivity contribution in [3.63, 3.8) is 0 Å². The van der Waals surface area contributed by atoms with Crippen molar-refractivity contribution in [2.75, 3.05) is 7.05 Å². The van der Waals surface area contributed by atoms with Crippen molar-refractivity contribution >= 4 is 28.4 Å². The Kier molecular flexibility index (Phi) is 3.65. The Balaban J connectivity index is 2.12. The lowest BCUT2D eigenvalue weighted by Gasteiger charge is -2.07. The molecule has 2 aromatic heterocycles. The molecule has 0 radical (unpaired) electrons. The van der Waals surface area contributed by atoms with Crippen LogP contribution in [0.5, 0.6) is 0 Å². The number of nitrogens with one attached hydrogen (secondary N) is 2. The molecule has 26 heavy (non-hydrogen) atoms. The number of para-hydroxylation sites is 2. The quantitative estimate of drug-likeness (QED) is 0.559. The number of aromatic nitrogens is 2. The number of rotatable bonds is 3. The average molecular weight is 345 g/mol. The highest BCUT2D eigenvalue weighted by molar-refractivity contribution is 6.14. The minimum Gasteiger partial charge on any atom is -0.355 e. The lowest BCUT2D eigenvalue weighted by Crippen LogP contribution is -2.29. The zero-order valence-corrected chi connectivity index (χ0v) is 13.9. The lowest BCUT2D eigenvalue weighted by molar-refractivity contribution is 0.0961. The highest BCUT2D eigenvalue weighted by Crippen LogP contribution is 2.21. The zero-order valence-electron chi connectivity index (χ0n) is 13.9. The fourth-order valence-electron chi connectivity index (χ4n) is 3.09. The second kappa shape index (κ2) is 6.00. The molecule has 0 spiro atoms. The van der Waals surface area contributed by atoms with E-state index in [0.29, 0.717) is 22.2 Å². The third-order valence-corrected chi connectivity index (χ3v) is 4.35. The maximum Gasteiger partial charge on any atom is 0.269 e. The Bertz CT molecular complexity index is 1220. The third-order valence-electron chi connectivity index (χ3n) is 4.35. The van der Waals surface area contributed by atoms with Crippen LogP contribution in [0.25, 0.3) is 16.7 Å². The van der Waals surface area contributed by atoms with Gasteiger partial charge >= 0.3 is 0 Å². The first-order chi connectivity index (χ1) is 12.6. The molecule has 4 aromatic rings. The molecule has 0 aliphatic carbocycles. The number of aromatic amines is 1. The molecular formula is C20H15N3O3. The number of H-pyrrole nitrogens is 1. The summed E-state index contributed by atoms with van der Waals surface area (Å²) in [5.41, 5.74) is 1.90. The topological polar surface area (TPSA) is 83.4 Å². The van der Waals surface area contributed by atoms with E-state index in [2.05, 4.69) is 10.3 Å². The van der Waals surface area contributed by atoms with Gasteiger partial charge in [-0.2, -0.15) is 0 Å². The highest BCUT2D eigenvalue weighted by atomic mass is 16.2. The molecule has 0 saturated carbocycles. The molecule has 0 aliphatic rings. The number of carbonyl (C=O) groups is 2. The summed E-state index contributed by atoms with van der Waals surface area (Å²) >= 11 is 0. The van der Waals surface area contributed by atoms with E-state index in [1.807, 2.05) is 18.2 Å². The number of amides is 1. The van der Waals surface area contributed by atoms with Crippen LogP contribution in [0.15, 0.2) is 65.5 Å². The van der Waals surface area contributed by atoms with Crippen molar-refractivity contribution < 1.29 is 9.59 Å². The first-order valence-corrected chi connectivity index (χ1v) is 8.10. The molecule has 1 amide bonds. The van der Waals surface area contributed by atoms with Gasteiger partial charge in [-0.05, 0) is 18.2 Å². The molecule has 0 bridgehead atoms. The van der Waals surface area contributed by atoms with Crippen molar-refractivity contribution in [2.24, 2.45) is 0 Å². The molecule has 4 rings (SSSR count). The Labute approximate surface area is 148 Å². The number of carbonyl (C=O) groups excluding carboxylic acids is 2. The zero-order chi connectivity index (χ0) is 18.3. The van der Waals surface area contributed by atoms with Gasteiger partial charge < -0.3 is 10.3 Å². The Morgan fingerprint density at radius 2 is 1.65 bits per heavy atom. The van der Waals surface area contributed by atoms with E-state index in [4.69, 9.17) is 0 Å². The standard InChI is InChI=1S/C20H15N3O3/c1-21-19(25)14-11-13(17(24)12-7-3-2-4-8-12)18-22-15-9-5-6-10-16(15)23(18)20(14)26/h2-11,22H,1H3,(H,21,25). The van der Waals surface area contributed by atoms with Crippen LogP contribution in [0, 0.1) is 0 Å². The van der Waals surface area contributed by atoms with E-state index in [1.165, 1.54) is 17.5 Å². The summed E-state index contributed by atoms with van der Waals surface area (Å²) in [6.07, 6.45) is 0. The van der Waals surface area contributed by atoms with E-state index < -0.39 is 11.5 Å². The molecule has 0 saturated heterocycles. The van der Waals surface area contributed by atoms with Gasteiger partial charge in [0.15, 0.2) is 5.78 Å². The molecule has 6 nitrogen and oxygen atoms in total. The lowest BCUT2D eigenvalue weighted by atomic mass is 10.0. The molecule has 2 heterocycles. The third kappa shape index (κ3) is 2.31. The van der Waals surface area contributed by atoms with E-state index in [1.54, 1.807) is 36.4 Å². The van der Waals surface area contributed by atoms with Crippen LogP contribution in [0.1, 0.15) is 26.3 Å². The van der Waals surface area contributed by atoms with Crippen molar-refractivity contribution in [2.45, 2.75) is 0 Å². The van der Waals surface area contributed by atoms with Crippen LogP contribution < -0.4 is 10.9 Å². The number of benzene rings is 2. The first-order valence-electron chi connectivity index (χ1n) is 8.10. The van der Waals surface area contributed by atoms with Crippen molar-refractivity contribution in [1.82, 2.24) is 14.7 Å². The van der Waals surface area contributed by atoms with E-state index in [9.17, 15) is 14.4 Å². The Morgan fingerprint density at radius 1 is 0.962 bits per heavy atom. The van der Waals surface area contributed by atoms with E-state index in [0.717, 1.165) is 0 Å². The summed E-state index contributed by atoms with van der Waals surface area (Å²) in [5, 5.41) is 2.46. The summed E-state index contributed by atoms with van der Waals surface area (Å²) in [5.74, 6) is -0.795. The van der Waals surface area contributed by atoms with Crippen LogP contribution in [-0.2, 0) is 0 Å². The number of hydrogen-bond acceptors (Lipinski definition) is 3. The molecular weight excluding hydrogens is 330 g/mol. The van der Waals surface area contributed by atoms with Gasteiger partial charge in [-0.3, -0.25) is 18.8 Å². The number of hydrogen-bond donors (Lipinski definition) is 2. The minimum atomic E-state index is -0.531. The van der Waals surface area contributed by atoms with Crippen molar-refractivity contribution in [3.8, 4) is 0 Å². The summed E-state index contributed by atoms with van der Waals surface area (Å²) in [4.78, 5) is 41.3. The summed E-state index contributed by atoms with van der Waals surface area (Å²) < 4.78 is 1.38. The largest absolute Gasteiger partial charge is 0.355 e. The molecule has 0 unspecified atom stereocenters. The van der Waals surface area contributed by atoms with Crippen LogP contribution in [0.4, 0.5) is 0 Å². The fraction of sp³-hybridized carbons (Fsp3) is 0.0500.